The summed E-state index contributed by atoms with van der Waals surface area (Å²) in [5, 5.41) is -0.555. The molecule has 6 heteroatoms. The number of hydrogen-bond acceptors (Lipinski definition) is 5. The molecule has 0 aliphatic rings. The molecule has 5 nitrogen and oxygen atoms in total. The monoisotopic (exact) mass is 244 g/mol. The number of nitrogens with two attached hydrogens (primary N) is 1. The number of nitrogens with zero attached hydrogens (tertiary/aromatic N) is 1. The van der Waals surface area contributed by atoms with Crippen molar-refractivity contribution >= 4 is 9.84 Å². The molecule has 2 N–H and O–H groups in total. The van der Waals surface area contributed by atoms with Crippen molar-refractivity contribution in [2.75, 3.05) is 13.7 Å². The highest BCUT2D eigenvalue weighted by molar-refractivity contribution is 7.91. The zero-order valence-electron chi connectivity index (χ0n) is 9.38. The van der Waals surface area contributed by atoms with Crippen LogP contribution in [0.25, 0.3) is 0 Å². The van der Waals surface area contributed by atoms with Crippen molar-refractivity contribution in [3.63, 3.8) is 0 Å². The number of ether oxygens (including phenoxy) is 1. The first-order valence-corrected chi connectivity index (χ1v) is 6.62. The molecule has 0 saturated heterocycles. The number of methoxy groups -OCH3 is 1. The topological polar surface area (TPSA) is 82.3 Å². The maximum absolute atomic E-state index is 11.8. The summed E-state index contributed by atoms with van der Waals surface area (Å²) in [6.45, 7) is 1.71. The molecule has 1 rings (SSSR count). The standard InChI is InChI=1S/C10H16N2O3S/c1-8(6-11)16(13,14)7-9-4-3-5-10(12-9)15-2/h3-5,8H,6-7,11H2,1-2H3. The molecule has 1 aromatic heterocycles. The molecule has 0 bridgehead atoms. The number of hydrogen-bond donors (Lipinski definition) is 1. The summed E-state index contributed by atoms with van der Waals surface area (Å²) < 4.78 is 28.5. The maximum Gasteiger partial charge on any atom is 0.213 e. The molecular formula is C10H16N2O3S. The number of pyridine rings is 1. The van der Waals surface area contributed by atoms with E-state index in [0.717, 1.165) is 0 Å². The fourth-order valence-corrected chi connectivity index (χ4v) is 2.30. The zero-order chi connectivity index (χ0) is 12.2. The van der Waals surface area contributed by atoms with Gasteiger partial charge < -0.3 is 10.5 Å². The van der Waals surface area contributed by atoms with Crippen LogP contribution in [0.15, 0.2) is 18.2 Å². The van der Waals surface area contributed by atoms with E-state index in [1.54, 1.807) is 25.1 Å². The summed E-state index contributed by atoms with van der Waals surface area (Å²) in [6, 6.07) is 5.04. The largest absolute Gasteiger partial charge is 0.481 e. The Morgan fingerprint density at radius 3 is 2.75 bits per heavy atom. The van der Waals surface area contributed by atoms with Gasteiger partial charge in [-0.25, -0.2) is 13.4 Å². The van der Waals surface area contributed by atoms with E-state index in [1.165, 1.54) is 7.11 Å². The molecule has 90 valence electrons. The van der Waals surface area contributed by atoms with E-state index in [-0.39, 0.29) is 12.3 Å². The van der Waals surface area contributed by atoms with Crippen molar-refractivity contribution in [1.29, 1.82) is 0 Å². The Morgan fingerprint density at radius 1 is 1.50 bits per heavy atom. The maximum atomic E-state index is 11.8. The molecule has 1 aromatic rings. The minimum atomic E-state index is -3.23. The minimum Gasteiger partial charge on any atom is -0.481 e. The van der Waals surface area contributed by atoms with Gasteiger partial charge in [0.15, 0.2) is 9.84 Å². The Labute approximate surface area is 95.6 Å². The van der Waals surface area contributed by atoms with Gasteiger partial charge in [-0.05, 0) is 13.0 Å². The molecular weight excluding hydrogens is 228 g/mol. The third-order valence-electron chi connectivity index (χ3n) is 2.28. The van der Waals surface area contributed by atoms with Gasteiger partial charge in [-0.15, -0.1) is 0 Å². The predicted octanol–water partition coefficient (Wildman–Crippen LogP) is 0.352. The van der Waals surface area contributed by atoms with E-state index in [4.69, 9.17) is 10.5 Å². The van der Waals surface area contributed by atoms with E-state index in [2.05, 4.69) is 4.98 Å². The smallest absolute Gasteiger partial charge is 0.213 e. The second kappa shape index (κ2) is 5.27. The van der Waals surface area contributed by atoms with Crippen LogP contribution in [0, 0.1) is 0 Å². The van der Waals surface area contributed by atoms with Crippen LogP contribution in [0.3, 0.4) is 0 Å². The summed E-state index contributed by atoms with van der Waals surface area (Å²) in [5.41, 5.74) is 5.82. The molecule has 1 unspecified atom stereocenters. The van der Waals surface area contributed by atoms with Crippen LogP contribution in [-0.4, -0.2) is 32.3 Å². The Hall–Kier alpha value is -1.14. The normalized spacial score (nSPS) is 13.4. The van der Waals surface area contributed by atoms with E-state index in [9.17, 15) is 8.42 Å². The van der Waals surface area contributed by atoms with E-state index in [0.29, 0.717) is 11.6 Å². The summed E-state index contributed by atoms with van der Waals surface area (Å²) >= 11 is 0. The van der Waals surface area contributed by atoms with Crippen LogP contribution in [-0.2, 0) is 15.6 Å². The molecule has 0 spiro atoms. The van der Waals surface area contributed by atoms with Crippen molar-refractivity contribution in [2.45, 2.75) is 17.9 Å². The average Bonchev–Trinajstić information content (AvgIpc) is 2.27. The molecule has 0 radical (unpaired) electrons. The van der Waals surface area contributed by atoms with Gasteiger partial charge in [-0.2, -0.15) is 0 Å². The molecule has 0 amide bonds. The summed E-state index contributed by atoms with van der Waals surface area (Å²) in [6.07, 6.45) is 0. The van der Waals surface area contributed by atoms with Gasteiger partial charge in [-0.1, -0.05) is 6.07 Å². The number of aromatic nitrogens is 1. The summed E-state index contributed by atoms with van der Waals surface area (Å²) in [5.74, 6) is 0.302. The molecule has 0 aliphatic carbocycles. The Balaban J connectivity index is 2.88. The van der Waals surface area contributed by atoms with Gasteiger partial charge in [0.25, 0.3) is 0 Å². The van der Waals surface area contributed by atoms with Gasteiger partial charge in [0.1, 0.15) is 0 Å². The predicted molar refractivity (Wildman–Crippen MR) is 61.9 cm³/mol. The summed E-state index contributed by atoms with van der Waals surface area (Å²) in [7, 11) is -1.74. The van der Waals surface area contributed by atoms with Gasteiger partial charge in [-0.3, -0.25) is 0 Å². The van der Waals surface area contributed by atoms with E-state index in [1.807, 2.05) is 0 Å². The van der Waals surface area contributed by atoms with Crippen molar-refractivity contribution in [3.05, 3.63) is 23.9 Å². The van der Waals surface area contributed by atoms with Crippen molar-refractivity contribution in [3.8, 4) is 5.88 Å². The van der Waals surface area contributed by atoms with Crippen LogP contribution in [0.1, 0.15) is 12.6 Å². The number of sulfone groups is 1. The van der Waals surface area contributed by atoms with Crippen LogP contribution in [0.2, 0.25) is 0 Å². The first kappa shape index (κ1) is 12.9. The lowest BCUT2D eigenvalue weighted by molar-refractivity contribution is 0.396. The third kappa shape index (κ3) is 3.18. The molecule has 0 aromatic carbocycles. The third-order valence-corrected chi connectivity index (χ3v) is 4.40. The first-order valence-electron chi connectivity index (χ1n) is 4.91. The lowest BCUT2D eigenvalue weighted by Crippen LogP contribution is -2.28. The van der Waals surface area contributed by atoms with Crippen molar-refractivity contribution in [2.24, 2.45) is 5.73 Å². The van der Waals surface area contributed by atoms with Gasteiger partial charge in [0.05, 0.1) is 23.8 Å². The van der Waals surface area contributed by atoms with E-state index >= 15 is 0 Å². The molecule has 0 fully saturated rings. The number of rotatable bonds is 5. The highest BCUT2D eigenvalue weighted by Crippen LogP contribution is 2.12. The Bertz CT molecular complexity index is 445. The van der Waals surface area contributed by atoms with Crippen molar-refractivity contribution in [1.82, 2.24) is 4.98 Å². The van der Waals surface area contributed by atoms with Crippen LogP contribution in [0.5, 0.6) is 5.88 Å². The first-order chi connectivity index (χ1) is 7.49. The zero-order valence-corrected chi connectivity index (χ0v) is 10.2. The summed E-state index contributed by atoms with van der Waals surface area (Å²) in [4.78, 5) is 4.05. The average molecular weight is 244 g/mol. The highest BCUT2D eigenvalue weighted by Gasteiger charge is 2.20. The molecule has 16 heavy (non-hydrogen) atoms. The molecule has 0 aliphatic heterocycles. The van der Waals surface area contributed by atoms with Gasteiger partial charge in [0.2, 0.25) is 5.88 Å². The van der Waals surface area contributed by atoms with Crippen LogP contribution < -0.4 is 10.5 Å². The highest BCUT2D eigenvalue weighted by atomic mass is 32.2. The Morgan fingerprint density at radius 2 is 2.19 bits per heavy atom. The molecule has 1 atom stereocenters. The second-order valence-corrected chi connectivity index (χ2v) is 5.94. The Kier molecular flexibility index (Phi) is 4.26. The van der Waals surface area contributed by atoms with Gasteiger partial charge in [0, 0.05) is 12.6 Å². The minimum absolute atomic E-state index is 0.109. The lowest BCUT2D eigenvalue weighted by Gasteiger charge is -2.10. The fourth-order valence-electron chi connectivity index (χ4n) is 1.15. The second-order valence-electron chi connectivity index (χ2n) is 3.52. The quantitative estimate of drug-likeness (QED) is 0.808. The van der Waals surface area contributed by atoms with E-state index < -0.39 is 15.1 Å². The van der Waals surface area contributed by atoms with Gasteiger partial charge >= 0.3 is 0 Å². The SMILES string of the molecule is COc1cccc(CS(=O)(=O)C(C)CN)n1. The van der Waals surface area contributed by atoms with Crippen LogP contribution in [0.4, 0.5) is 0 Å². The molecule has 0 saturated carbocycles. The van der Waals surface area contributed by atoms with Crippen LogP contribution >= 0.6 is 0 Å². The lowest BCUT2D eigenvalue weighted by atomic mass is 10.4. The van der Waals surface area contributed by atoms with Crippen molar-refractivity contribution < 1.29 is 13.2 Å². The fraction of sp³-hybridized carbons (Fsp3) is 0.500. The molecule has 1 heterocycles.